The number of aliphatic hydroxyl groups excluding tert-OH is 1. The third kappa shape index (κ3) is 4.21. The summed E-state index contributed by atoms with van der Waals surface area (Å²) in [7, 11) is 5.42. The molecule has 7 heteroatoms. The molecule has 1 aromatic heterocycles. The Kier molecular flexibility index (Phi) is 6.52. The first-order valence-electron chi connectivity index (χ1n) is 9.83. The molecule has 0 aliphatic carbocycles. The second-order valence-corrected chi connectivity index (χ2v) is 7.63. The number of methoxy groups -OCH3 is 1. The van der Waals surface area contributed by atoms with Gasteiger partial charge in [0.1, 0.15) is 11.5 Å². The minimum absolute atomic E-state index is 0.0694. The van der Waals surface area contributed by atoms with Crippen LogP contribution >= 0.6 is 0 Å². The fourth-order valence-corrected chi connectivity index (χ4v) is 3.71. The number of nitrogens with zero attached hydrogens (tertiary/aromatic N) is 3. The van der Waals surface area contributed by atoms with Gasteiger partial charge in [-0.1, -0.05) is 11.6 Å². The number of ketones is 1. The van der Waals surface area contributed by atoms with Crippen molar-refractivity contribution in [2.75, 3.05) is 34.3 Å². The summed E-state index contributed by atoms with van der Waals surface area (Å²) in [5.41, 5.74) is 2.09. The molecular weight excluding hydrogens is 382 g/mol. The van der Waals surface area contributed by atoms with Crippen molar-refractivity contribution in [1.82, 2.24) is 14.8 Å². The van der Waals surface area contributed by atoms with Crippen molar-refractivity contribution in [3.63, 3.8) is 0 Å². The summed E-state index contributed by atoms with van der Waals surface area (Å²) < 4.78 is 5.38. The van der Waals surface area contributed by atoms with Crippen LogP contribution in [0.25, 0.3) is 5.76 Å². The lowest BCUT2D eigenvalue weighted by Gasteiger charge is -2.26. The van der Waals surface area contributed by atoms with E-state index in [0.717, 1.165) is 17.7 Å². The largest absolute Gasteiger partial charge is 0.507 e. The molecule has 1 N–H and O–H groups in total. The van der Waals surface area contributed by atoms with Crippen LogP contribution in [0.1, 0.15) is 29.2 Å². The number of carbonyl (C=O) groups excluding carboxylic acids is 2. The molecule has 7 nitrogen and oxygen atoms in total. The summed E-state index contributed by atoms with van der Waals surface area (Å²) in [4.78, 5) is 33.5. The number of carbonyl (C=O) groups is 2. The Labute approximate surface area is 176 Å². The highest BCUT2D eigenvalue weighted by Gasteiger charge is 2.46. The topological polar surface area (TPSA) is 83.0 Å². The quantitative estimate of drug-likeness (QED) is 0.430. The highest BCUT2D eigenvalue weighted by molar-refractivity contribution is 6.46. The van der Waals surface area contributed by atoms with E-state index < -0.39 is 17.7 Å². The Hall–Kier alpha value is -3.19. The summed E-state index contributed by atoms with van der Waals surface area (Å²) in [6.07, 6.45) is 3.93. The number of hydrogen-bond donors (Lipinski definition) is 1. The Morgan fingerprint density at radius 3 is 2.53 bits per heavy atom. The van der Waals surface area contributed by atoms with Crippen molar-refractivity contribution < 1.29 is 19.4 Å². The van der Waals surface area contributed by atoms with Crippen molar-refractivity contribution in [2.24, 2.45) is 0 Å². The number of aliphatic hydroxyl groups is 1. The number of benzene rings is 1. The molecule has 0 bridgehead atoms. The second-order valence-electron chi connectivity index (χ2n) is 7.63. The molecule has 1 aliphatic heterocycles. The van der Waals surface area contributed by atoms with Gasteiger partial charge in [0.15, 0.2) is 0 Å². The first kappa shape index (κ1) is 21.5. The molecular formula is C23H27N3O4. The van der Waals surface area contributed by atoms with Crippen LogP contribution in [0.5, 0.6) is 5.75 Å². The number of ether oxygens (including phenoxy) is 1. The second kappa shape index (κ2) is 9.09. The zero-order valence-corrected chi connectivity index (χ0v) is 17.8. The van der Waals surface area contributed by atoms with Crippen LogP contribution in [0.3, 0.4) is 0 Å². The van der Waals surface area contributed by atoms with Crippen molar-refractivity contribution in [3.8, 4) is 5.75 Å². The molecule has 1 saturated heterocycles. The molecule has 0 radical (unpaired) electrons. The van der Waals surface area contributed by atoms with Crippen LogP contribution in [0.4, 0.5) is 0 Å². The molecule has 1 aliphatic rings. The van der Waals surface area contributed by atoms with E-state index in [0.29, 0.717) is 24.3 Å². The third-order valence-electron chi connectivity index (χ3n) is 5.18. The lowest BCUT2D eigenvalue weighted by molar-refractivity contribution is -0.139. The highest BCUT2D eigenvalue weighted by atomic mass is 16.5. The zero-order chi connectivity index (χ0) is 21.8. The van der Waals surface area contributed by atoms with Crippen LogP contribution in [0, 0.1) is 6.92 Å². The van der Waals surface area contributed by atoms with E-state index in [2.05, 4.69) is 4.98 Å². The molecule has 2 aromatic rings. The molecule has 1 aromatic carbocycles. The first-order chi connectivity index (χ1) is 14.3. The van der Waals surface area contributed by atoms with E-state index in [9.17, 15) is 14.7 Å². The van der Waals surface area contributed by atoms with Crippen molar-refractivity contribution in [1.29, 1.82) is 0 Å². The number of aryl methyl sites for hydroxylation is 1. The van der Waals surface area contributed by atoms with Gasteiger partial charge in [0.2, 0.25) is 0 Å². The summed E-state index contributed by atoms with van der Waals surface area (Å²) in [6, 6.07) is 8.18. The summed E-state index contributed by atoms with van der Waals surface area (Å²) in [5, 5.41) is 11.2. The molecule has 158 valence electrons. The number of hydrogen-bond acceptors (Lipinski definition) is 6. The molecule has 3 rings (SSSR count). The normalized spacial score (nSPS) is 18.3. The van der Waals surface area contributed by atoms with Gasteiger partial charge in [0.05, 0.1) is 24.3 Å². The van der Waals surface area contributed by atoms with E-state index in [1.165, 1.54) is 12.0 Å². The Morgan fingerprint density at radius 2 is 1.90 bits per heavy atom. The van der Waals surface area contributed by atoms with E-state index in [1.807, 2.05) is 32.0 Å². The maximum Gasteiger partial charge on any atom is 0.295 e. The van der Waals surface area contributed by atoms with Gasteiger partial charge in [0, 0.05) is 18.9 Å². The van der Waals surface area contributed by atoms with Gasteiger partial charge >= 0.3 is 0 Å². The Morgan fingerprint density at radius 1 is 1.20 bits per heavy atom. The number of pyridine rings is 1. The van der Waals surface area contributed by atoms with Crippen LogP contribution in [-0.4, -0.2) is 65.9 Å². The standard InChI is InChI=1S/C23H27N3O4/c1-15-6-7-18(30-4)17(14-15)21(27)19-20(16-8-10-24-11-9-16)26(23(29)22(19)28)13-5-12-25(2)3/h6-11,14,20,27H,5,12-13H2,1-4H3/b21-19+. The Balaban J connectivity index is 2.13. The summed E-state index contributed by atoms with van der Waals surface area (Å²) in [5.74, 6) is -1.09. The SMILES string of the molecule is COc1ccc(C)cc1/C(O)=C1\C(=O)C(=O)N(CCCN(C)C)C1c1ccncc1. The van der Waals surface area contributed by atoms with Gasteiger partial charge < -0.3 is 19.6 Å². The van der Waals surface area contributed by atoms with Crippen LogP contribution in [0.2, 0.25) is 0 Å². The number of rotatable bonds is 7. The number of aromatic nitrogens is 1. The smallest absolute Gasteiger partial charge is 0.295 e. The summed E-state index contributed by atoms with van der Waals surface area (Å²) >= 11 is 0. The summed E-state index contributed by atoms with van der Waals surface area (Å²) in [6.45, 7) is 3.06. The zero-order valence-electron chi connectivity index (χ0n) is 17.8. The molecule has 1 fully saturated rings. The molecule has 2 heterocycles. The first-order valence-corrected chi connectivity index (χ1v) is 9.83. The molecule has 30 heavy (non-hydrogen) atoms. The fourth-order valence-electron chi connectivity index (χ4n) is 3.71. The number of likely N-dealkylation sites (tertiary alicyclic amines) is 1. The van der Waals surface area contributed by atoms with Gasteiger partial charge in [-0.2, -0.15) is 0 Å². The molecule has 1 unspecified atom stereocenters. The van der Waals surface area contributed by atoms with E-state index in [-0.39, 0.29) is 11.3 Å². The third-order valence-corrected chi connectivity index (χ3v) is 5.18. The van der Waals surface area contributed by atoms with Gasteiger partial charge in [-0.3, -0.25) is 14.6 Å². The van der Waals surface area contributed by atoms with Gasteiger partial charge in [-0.15, -0.1) is 0 Å². The average molecular weight is 409 g/mol. The van der Waals surface area contributed by atoms with Gasteiger partial charge in [0.25, 0.3) is 11.7 Å². The predicted octanol–water partition coefficient (Wildman–Crippen LogP) is 2.77. The van der Waals surface area contributed by atoms with Crippen LogP contribution < -0.4 is 4.74 Å². The lowest BCUT2D eigenvalue weighted by atomic mass is 9.95. The van der Waals surface area contributed by atoms with Crippen molar-refractivity contribution in [3.05, 3.63) is 65.0 Å². The molecule has 1 amide bonds. The van der Waals surface area contributed by atoms with E-state index in [4.69, 9.17) is 4.74 Å². The molecule has 1 atom stereocenters. The minimum Gasteiger partial charge on any atom is -0.507 e. The molecule has 0 spiro atoms. The lowest BCUT2D eigenvalue weighted by Crippen LogP contribution is -2.32. The van der Waals surface area contributed by atoms with E-state index >= 15 is 0 Å². The number of amides is 1. The highest BCUT2D eigenvalue weighted by Crippen LogP contribution is 2.40. The van der Waals surface area contributed by atoms with Crippen LogP contribution in [0.15, 0.2) is 48.3 Å². The minimum atomic E-state index is -0.692. The maximum absolute atomic E-state index is 13.0. The average Bonchev–Trinajstić information content (AvgIpc) is 2.98. The van der Waals surface area contributed by atoms with Gasteiger partial charge in [-0.25, -0.2) is 0 Å². The van der Waals surface area contributed by atoms with Crippen molar-refractivity contribution >= 4 is 17.4 Å². The van der Waals surface area contributed by atoms with Crippen molar-refractivity contribution in [2.45, 2.75) is 19.4 Å². The predicted molar refractivity (Wildman–Crippen MR) is 114 cm³/mol. The Bertz CT molecular complexity index is 970. The molecule has 0 saturated carbocycles. The monoisotopic (exact) mass is 409 g/mol. The van der Waals surface area contributed by atoms with Gasteiger partial charge in [-0.05, 0) is 63.8 Å². The maximum atomic E-state index is 13.0. The number of Topliss-reactive ketones (excluding diaryl/α,β-unsaturated/α-hetero) is 1. The van der Waals surface area contributed by atoms with Crippen LogP contribution in [-0.2, 0) is 9.59 Å². The fraction of sp³-hybridized carbons (Fsp3) is 0.348. The van der Waals surface area contributed by atoms with E-state index in [1.54, 1.807) is 36.7 Å².